The third-order valence-electron chi connectivity index (χ3n) is 3.03. The molecule has 1 aromatic carbocycles. The van der Waals surface area contributed by atoms with Crippen molar-refractivity contribution < 1.29 is 18.3 Å². The number of nitrogens with two attached hydrogens (primary N) is 1. The zero-order chi connectivity index (χ0) is 14.2. The number of ether oxygens (including phenoxy) is 1. The fourth-order valence-corrected chi connectivity index (χ4v) is 2.26. The lowest BCUT2D eigenvalue weighted by atomic mass is 10.1. The lowest BCUT2D eigenvalue weighted by Crippen LogP contribution is -2.48. The van der Waals surface area contributed by atoms with Crippen molar-refractivity contribution in [3.63, 3.8) is 0 Å². The number of morpholine rings is 1. The molecule has 1 aliphatic rings. The van der Waals surface area contributed by atoms with Gasteiger partial charge in [0.25, 0.3) is 5.91 Å². The molecule has 2 atom stereocenters. The van der Waals surface area contributed by atoms with Crippen LogP contribution in [0.4, 0.5) is 14.5 Å². The predicted octanol–water partition coefficient (Wildman–Crippen LogP) is 1.80. The average Bonchev–Trinajstić information content (AvgIpc) is 2.31. The summed E-state index contributed by atoms with van der Waals surface area (Å²) in [6, 6.07) is 1.67. The lowest BCUT2D eigenvalue weighted by molar-refractivity contribution is -0.0586. The Bertz CT molecular complexity index is 498. The summed E-state index contributed by atoms with van der Waals surface area (Å²) in [7, 11) is 0. The average molecular weight is 270 g/mol. The minimum absolute atomic E-state index is 0.0137. The van der Waals surface area contributed by atoms with Crippen molar-refractivity contribution in [2.24, 2.45) is 0 Å². The molecule has 0 aromatic heterocycles. The van der Waals surface area contributed by atoms with Gasteiger partial charge in [0, 0.05) is 24.8 Å². The quantitative estimate of drug-likeness (QED) is 0.792. The van der Waals surface area contributed by atoms with Crippen molar-refractivity contribution in [2.75, 3.05) is 18.8 Å². The molecule has 1 aromatic rings. The highest BCUT2D eigenvalue weighted by Gasteiger charge is 2.28. The van der Waals surface area contributed by atoms with E-state index in [1.807, 2.05) is 13.8 Å². The Labute approximate surface area is 110 Å². The molecule has 0 spiro atoms. The number of halogens is 2. The van der Waals surface area contributed by atoms with Gasteiger partial charge in [-0.05, 0) is 19.9 Å². The summed E-state index contributed by atoms with van der Waals surface area (Å²) in [4.78, 5) is 13.8. The normalized spacial score (nSPS) is 23.5. The zero-order valence-electron chi connectivity index (χ0n) is 10.8. The second-order valence-electron chi connectivity index (χ2n) is 4.82. The first kappa shape index (κ1) is 13.7. The maximum absolute atomic E-state index is 13.2. The van der Waals surface area contributed by atoms with E-state index < -0.39 is 17.5 Å². The minimum Gasteiger partial charge on any atom is -0.398 e. The second-order valence-corrected chi connectivity index (χ2v) is 4.82. The fourth-order valence-electron chi connectivity index (χ4n) is 2.26. The molecule has 0 radical (unpaired) electrons. The van der Waals surface area contributed by atoms with Crippen LogP contribution in [0.3, 0.4) is 0 Å². The molecule has 6 heteroatoms. The molecule has 0 aliphatic carbocycles. The molecule has 2 rings (SSSR count). The summed E-state index contributed by atoms with van der Waals surface area (Å²) >= 11 is 0. The van der Waals surface area contributed by atoms with E-state index in [-0.39, 0.29) is 23.5 Å². The van der Waals surface area contributed by atoms with Crippen LogP contribution < -0.4 is 5.73 Å². The molecule has 2 N–H and O–H groups in total. The Hall–Kier alpha value is -1.69. The van der Waals surface area contributed by atoms with Crippen molar-refractivity contribution in [2.45, 2.75) is 26.1 Å². The molecule has 0 bridgehead atoms. The Balaban J connectivity index is 2.26. The van der Waals surface area contributed by atoms with Crippen LogP contribution >= 0.6 is 0 Å². The van der Waals surface area contributed by atoms with E-state index in [0.29, 0.717) is 13.1 Å². The topological polar surface area (TPSA) is 55.6 Å². The van der Waals surface area contributed by atoms with Gasteiger partial charge in [0.05, 0.1) is 17.8 Å². The van der Waals surface area contributed by atoms with Crippen LogP contribution in [0.1, 0.15) is 24.2 Å². The van der Waals surface area contributed by atoms with Crippen molar-refractivity contribution in [1.82, 2.24) is 4.90 Å². The Morgan fingerprint density at radius 1 is 1.26 bits per heavy atom. The van der Waals surface area contributed by atoms with E-state index in [4.69, 9.17) is 10.5 Å². The smallest absolute Gasteiger partial charge is 0.256 e. The predicted molar refractivity (Wildman–Crippen MR) is 66.7 cm³/mol. The van der Waals surface area contributed by atoms with Crippen molar-refractivity contribution in [1.29, 1.82) is 0 Å². The molecule has 1 heterocycles. The van der Waals surface area contributed by atoms with E-state index >= 15 is 0 Å². The molecule has 104 valence electrons. The van der Waals surface area contributed by atoms with Crippen LogP contribution in [-0.4, -0.2) is 36.1 Å². The SMILES string of the molecule is CC1CN(C(=O)c2cc(F)c(F)cc2N)CC(C)O1. The zero-order valence-corrected chi connectivity index (χ0v) is 10.8. The molecule has 1 amide bonds. The van der Waals surface area contributed by atoms with Crippen LogP contribution in [0.15, 0.2) is 12.1 Å². The van der Waals surface area contributed by atoms with Crippen molar-refractivity contribution >= 4 is 11.6 Å². The number of anilines is 1. The first-order valence-electron chi connectivity index (χ1n) is 6.07. The van der Waals surface area contributed by atoms with Gasteiger partial charge in [0.2, 0.25) is 0 Å². The van der Waals surface area contributed by atoms with Gasteiger partial charge in [0.15, 0.2) is 11.6 Å². The van der Waals surface area contributed by atoms with Crippen LogP contribution in [0.5, 0.6) is 0 Å². The van der Waals surface area contributed by atoms with Crippen molar-refractivity contribution in [3.8, 4) is 0 Å². The Morgan fingerprint density at radius 3 is 2.37 bits per heavy atom. The van der Waals surface area contributed by atoms with Gasteiger partial charge in [-0.15, -0.1) is 0 Å². The van der Waals surface area contributed by atoms with Crippen LogP contribution in [0.2, 0.25) is 0 Å². The number of nitrogens with zero attached hydrogens (tertiary/aromatic N) is 1. The molecular weight excluding hydrogens is 254 g/mol. The van der Waals surface area contributed by atoms with Gasteiger partial charge < -0.3 is 15.4 Å². The maximum Gasteiger partial charge on any atom is 0.256 e. The highest BCUT2D eigenvalue weighted by atomic mass is 19.2. The molecule has 2 unspecified atom stereocenters. The third kappa shape index (κ3) is 2.84. The van der Waals surface area contributed by atoms with Crippen LogP contribution in [-0.2, 0) is 4.74 Å². The van der Waals surface area contributed by atoms with E-state index in [0.717, 1.165) is 12.1 Å². The van der Waals surface area contributed by atoms with Gasteiger partial charge in [-0.1, -0.05) is 0 Å². The number of rotatable bonds is 1. The molecule has 1 aliphatic heterocycles. The summed E-state index contributed by atoms with van der Waals surface area (Å²) in [6.45, 7) is 4.51. The van der Waals surface area contributed by atoms with E-state index in [1.165, 1.54) is 0 Å². The highest BCUT2D eigenvalue weighted by Crippen LogP contribution is 2.21. The largest absolute Gasteiger partial charge is 0.398 e. The number of carbonyl (C=O) groups is 1. The number of benzene rings is 1. The molecule has 1 saturated heterocycles. The Kier molecular flexibility index (Phi) is 3.71. The molecule has 0 saturated carbocycles. The number of carbonyl (C=O) groups excluding carboxylic acids is 1. The van der Waals surface area contributed by atoms with Crippen LogP contribution in [0.25, 0.3) is 0 Å². The van der Waals surface area contributed by atoms with Gasteiger partial charge in [-0.25, -0.2) is 8.78 Å². The standard InChI is InChI=1S/C13H16F2N2O2/c1-7-5-17(6-8(2)19-7)13(18)9-3-10(14)11(15)4-12(9)16/h3-4,7-8H,5-6,16H2,1-2H3. The molecule has 1 fully saturated rings. The van der Waals surface area contributed by atoms with E-state index in [2.05, 4.69) is 0 Å². The summed E-state index contributed by atoms with van der Waals surface area (Å²) in [6.07, 6.45) is -0.196. The van der Waals surface area contributed by atoms with Gasteiger partial charge in [-0.3, -0.25) is 4.79 Å². The summed E-state index contributed by atoms with van der Waals surface area (Å²) < 4.78 is 31.7. The number of amides is 1. The fraction of sp³-hybridized carbons (Fsp3) is 0.462. The number of hydrogen-bond acceptors (Lipinski definition) is 3. The van der Waals surface area contributed by atoms with E-state index in [1.54, 1.807) is 4.90 Å². The molecule has 4 nitrogen and oxygen atoms in total. The first-order valence-corrected chi connectivity index (χ1v) is 6.07. The number of hydrogen-bond donors (Lipinski definition) is 1. The summed E-state index contributed by atoms with van der Waals surface area (Å²) in [5.74, 6) is -2.54. The summed E-state index contributed by atoms with van der Waals surface area (Å²) in [5, 5.41) is 0. The van der Waals surface area contributed by atoms with E-state index in [9.17, 15) is 13.6 Å². The molecule has 19 heavy (non-hydrogen) atoms. The van der Waals surface area contributed by atoms with Crippen LogP contribution in [0, 0.1) is 11.6 Å². The molecular formula is C13H16F2N2O2. The lowest BCUT2D eigenvalue weighted by Gasteiger charge is -2.35. The second kappa shape index (κ2) is 5.13. The van der Waals surface area contributed by atoms with Gasteiger partial charge >= 0.3 is 0 Å². The maximum atomic E-state index is 13.2. The number of nitrogen functional groups attached to an aromatic ring is 1. The van der Waals surface area contributed by atoms with Gasteiger partial charge in [-0.2, -0.15) is 0 Å². The Morgan fingerprint density at radius 2 is 1.79 bits per heavy atom. The van der Waals surface area contributed by atoms with Crippen molar-refractivity contribution in [3.05, 3.63) is 29.3 Å². The third-order valence-corrected chi connectivity index (χ3v) is 3.03. The summed E-state index contributed by atoms with van der Waals surface area (Å²) in [5.41, 5.74) is 5.51. The minimum atomic E-state index is -1.08. The highest BCUT2D eigenvalue weighted by molar-refractivity contribution is 5.99. The first-order chi connectivity index (χ1) is 8.88. The van der Waals surface area contributed by atoms with Gasteiger partial charge in [0.1, 0.15) is 0 Å². The monoisotopic (exact) mass is 270 g/mol.